The van der Waals surface area contributed by atoms with Gasteiger partial charge in [-0.15, -0.1) is 0 Å². The molecule has 1 aromatic carbocycles. The van der Waals surface area contributed by atoms with Crippen LogP contribution in [-0.2, 0) is 0 Å². The lowest BCUT2D eigenvalue weighted by Gasteiger charge is -2.08. The number of nitrogens with two attached hydrogens (primary N) is 1. The fourth-order valence-electron chi connectivity index (χ4n) is 1.18. The van der Waals surface area contributed by atoms with E-state index in [2.05, 4.69) is 22.7 Å². The van der Waals surface area contributed by atoms with Crippen molar-refractivity contribution in [3.05, 3.63) is 23.5 Å². The first kappa shape index (κ1) is 13.2. The average Bonchev–Trinajstić information content (AvgIpc) is 2.27. The van der Waals surface area contributed by atoms with Gasteiger partial charge in [-0.3, -0.25) is 5.43 Å². The number of benzene rings is 1. The molecule has 17 heavy (non-hydrogen) atoms. The Labute approximate surface area is 103 Å². The standard InChI is InChI=1S/C10H12FN3O2S/c1-15-8-4-6(5-13-14-10(12)17)3-7(11)9(8)16-2/h3-5H,1-2H3,(H3,12,14,17). The zero-order valence-corrected chi connectivity index (χ0v) is 10.2. The molecule has 0 heterocycles. The molecule has 0 aliphatic heterocycles. The molecular formula is C10H12FN3O2S. The topological polar surface area (TPSA) is 68.9 Å². The van der Waals surface area contributed by atoms with Crippen LogP contribution in [0.25, 0.3) is 0 Å². The van der Waals surface area contributed by atoms with E-state index in [0.29, 0.717) is 5.56 Å². The molecule has 0 saturated carbocycles. The van der Waals surface area contributed by atoms with Crippen LogP contribution < -0.4 is 20.6 Å². The Morgan fingerprint density at radius 1 is 1.47 bits per heavy atom. The second kappa shape index (κ2) is 6.00. The SMILES string of the molecule is COc1cc(C=NNC(N)=S)cc(F)c1OC. The third-order valence-electron chi connectivity index (χ3n) is 1.84. The molecule has 0 atom stereocenters. The molecule has 0 radical (unpaired) electrons. The first-order valence-electron chi connectivity index (χ1n) is 4.58. The minimum Gasteiger partial charge on any atom is -0.493 e. The highest BCUT2D eigenvalue weighted by molar-refractivity contribution is 7.80. The lowest BCUT2D eigenvalue weighted by Crippen LogP contribution is -2.24. The molecule has 7 heteroatoms. The van der Waals surface area contributed by atoms with Gasteiger partial charge in [-0.25, -0.2) is 4.39 Å². The molecule has 3 N–H and O–H groups in total. The van der Waals surface area contributed by atoms with Crippen molar-refractivity contribution in [2.24, 2.45) is 10.8 Å². The molecule has 0 aromatic heterocycles. The van der Waals surface area contributed by atoms with Gasteiger partial charge in [0.05, 0.1) is 20.4 Å². The number of methoxy groups -OCH3 is 2. The monoisotopic (exact) mass is 257 g/mol. The van der Waals surface area contributed by atoms with E-state index in [1.165, 1.54) is 26.5 Å². The predicted octanol–water partition coefficient (Wildman–Crippen LogP) is 1.01. The first-order valence-corrected chi connectivity index (χ1v) is 4.99. The minimum absolute atomic E-state index is 0.0298. The molecule has 5 nitrogen and oxygen atoms in total. The summed E-state index contributed by atoms with van der Waals surface area (Å²) in [6.07, 6.45) is 1.37. The summed E-state index contributed by atoms with van der Waals surface area (Å²) in [5, 5.41) is 3.74. The summed E-state index contributed by atoms with van der Waals surface area (Å²) in [6.45, 7) is 0. The molecule has 0 saturated heterocycles. The third-order valence-corrected chi connectivity index (χ3v) is 1.94. The Morgan fingerprint density at radius 3 is 2.71 bits per heavy atom. The van der Waals surface area contributed by atoms with Crippen LogP contribution in [0.5, 0.6) is 11.5 Å². The first-order chi connectivity index (χ1) is 8.08. The van der Waals surface area contributed by atoms with Crippen molar-refractivity contribution in [1.82, 2.24) is 5.43 Å². The number of hydrazone groups is 1. The highest BCUT2D eigenvalue weighted by Gasteiger charge is 2.11. The van der Waals surface area contributed by atoms with Crippen LogP contribution in [0.3, 0.4) is 0 Å². The van der Waals surface area contributed by atoms with E-state index in [1.807, 2.05) is 0 Å². The van der Waals surface area contributed by atoms with Gasteiger partial charge in [-0.1, -0.05) is 0 Å². The van der Waals surface area contributed by atoms with Crippen LogP contribution in [-0.4, -0.2) is 25.5 Å². The summed E-state index contributed by atoms with van der Waals surface area (Å²) in [4.78, 5) is 0. The van der Waals surface area contributed by atoms with Gasteiger partial charge < -0.3 is 15.2 Å². The summed E-state index contributed by atoms with van der Waals surface area (Å²) in [5.41, 5.74) is 8.03. The van der Waals surface area contributed by atoms with Crippen molar-refractivity contribution in [2.75, 3.05) is 14.2 Å². The maximum absolute atomic E-state index is 13.5. The lowest BCUT2D eigenvalue weighted by molar-refractivity contribution is 0.337. The van der Waals surface area contributed by atoms with Gasteiger partial charge in [0.2, 0.25) is 0 Å². The van der Waals surface area contributed by atoms with Crippen molar-refractivity contribution in [3.8, 4) is 11.5 Å². The van der Waals surface area contributed by atoms with Crippen molar-refractivity contribution in [1.29, 1.82) is 0 Å². The molecule has 1 rings (SSSR count). The predicted molar refractivity (Wildman–Crippen MR) is 67.0 cm³/mol. The third kappa shape index (κ3) is 3.56. The minimum atomic E-state index is -0.538. The van der Waals surface area contributed by atoms with Crippen LogP contribution in [0.2, 0.25) is 0 Å². The van der Waals surface area contributed by atoms with Crippen LogP contribution in [0.4, 0.5) is 4.39 Å². The molecule has 0 aliphatic rings. The molecule has 0 unspecified atom stereocenters. The second-order valence-electron chi connectivity index (χ2n) is 2.97. The summed E-state index contributed by atoms with van der Waals surface area (Å²) in [5.74, 6) is -0.208. The summed E-state index contributed by atoms with van der Waals surface area (Å²) in [6, 6.07) is 2.83. The van der Waals surface area contributed by atoms with E-state index in [4.69, 9.17) is 15.2 Å². The largest absolute Gasteiger partial charge is 0.493 e. The van der Waals surface area contributed by atoms with Crippen LogP contribution in [0.15, 0.2) is 17.2 Å². The number of nitrogens with one attached hydrogen (secondary N) is 1. The number of hydrogen-bond donors (Lipinski definition) is 2. The highest BCUT2D eigenvalue weighted by atomic mass is 32.1. The molecule has 1 aromatic rings. The van der Waals surface area contributed by atoms with Crippen molar-refractivity contribution < 1.29 is 13.9 Å². The Morgan fingerprint density at radius 2 is 2.18 bits per heavy atom. The zero-order chi connectivity index (χ0) is 12.8. The fourth-order valence-corrected chi connectivity index (χ4v) is 1.24. The van der Waals surface area contributed by atoms with Gasteiger partial charge >= 0.3 is 0 Å². The summed E-state index contributed by atoms with van der Waals surface area (Å²) < 4.78 is 23.4. The van der Waals surface area contributed by atoms with E-state index in [0.717, 1.165) is 0 Å². The van der Waals surface area contributed by atoms with Crippen LogP contribution in [0, 0.1) is 5.82 Å². The molecular weight excluding hydrogens is 245 g/mol. The molecule has 0 amide bonds. The van der Waals surface area contributed by atoms with Gasteiger partial charge in [0.15, 0.2) is 22.4 Å². The average molecular weight is 257 g/mol. The number of halogens is 1. The Kier molecular flexibility index (Phi) is 4.65. The van der Waals surface area contributed by atoms with Crippen LogP contribution in [0.1, 0.15) is 5.56 Å². The van der Waals surface area contributed by atoms with E-state index in [9.17, 15) is 4.39 Å². The maximum atomic E-state index is 13.5. The molecule has 92 valence electrons. The Hall–Kier alpha value is -1.89. The summed E-state index contributed by atoms with van der Waals surface area (Å²) >= 11 is 4.56. The number of ether oxygens (including phenoxy) is 2. The van der Waals surface area contributed by atoms with Gasteiger partial charge in [-0.2, -0.15) is 5.10 Å². The van der Waals surface area contributed by atoms with Gasteiger partial charge in [0, 0.05) is 5.56 Å². The van der Waals surface area contributed by atoms with Crippen molar-refractivity contribution in [2.45, 2.75) is 0 Å². The lowest BCUT2D eigenvalue weighted by atomic mass is 10.2. The quantitative estimate of drug-likeness (QED) is 0.478. The number of rotatable bonds is 4. The van der Waals surface area contributed by atoms with E-state index < -0.39 is 5.82 Å². The zero-order valence-electron chi connectivity index (χ0n) is 9.36. The highest BCUT2D eigenvalue weighted by Crippen LogP contribution is 2.30. The Balaban J connectivity index is 2.99. The van der Waals surface area contributed by atoms with Crippen molar-refractivity contribution in [3.63, 3.8) is 0 Å². The second-order valence-corrected chi connectivity index (χ2v) is 3.41. The maximum Gasteiger partial charge on any atom is 0.196 e. The smallest absolute Gasteiger partial charge is 0.196 e. The Bertz CT molecular complexity index is 451. The fraction of sp³-hybridized carbons (Fsp3) is 0.200. The molecule has 0 spiro atoms. The van der Waals surface area contributed by atoms with E-state index in [1.54, 1.807) is 6.07 Å². The van der Waals surface area contributed by atoms with Crippen LogP contribution >= 0.6 is 12.2 Å². The van der Waals surface area contributed by atoms with Gasteiger partial charge in [0.25, 0.3) is 0 Å². The number of hydrogen-bond acceptors (Lipinski definition) is 4. The van der Waals surface area contributed by atoms with E-state index in [-0.39, 0.29) is 16.6 Å². The molecule has 0 bridgehead atoms. The van der Waals surface area contributed by atoms with E-state index >= 15 is 0 Å². The number of thiocarbonyl (C=S) groups is 1. The van der Waals surface area contributed by atoms with Gasteiger partial charge in [-0.05, 0) is 24.4 Å². The summed E-state index contributed by atoms with van der Waals surface area (Å²) in [7, 11) is 2.79. The van der Waals surface area contributed by atoms with Crippen molar-refractivity contribution >= 4 is 23.5 Å². The normalized spacial score (nSPS) is 10.3. The molecule has 0 aliphatic carbocycles. The molecule has 0 fully saturated rings. The van der Waals surface area contributed by atoms with Gasteiger partial charge in [0.1, 0.15) is 0 Å². The number of nitrogens with zero attached hydrogens (tertiary/aromatic N) is 1.